The summed E-state index contributed by atoms with van der Waals surface area (Å²) >= 11 is 13.4. The number of hydrogen-bond acceptors (Lipinski definition) is 3. The van der Waals surface area contributed by atoms with Gasteiger partial charge in [0.1, 0.15) is 5.03 Å². The standard InChI is InChI=1S/C14H12Cl2N2O2S/c15-9-3-4-12(10(16)5-9)18-13(21-7-14(19)20)6-11(17-18)8-1-2-8/h3-6,8H,1-2,7H2,(H,19,20). The summed E-state index contributed by atoms with van der Waals surface area (Å²) in [5.74, 6) is -0.384. The van der Waals surface area contributed by atoms with Crippen LogP contribution in [0.25, 0.3) is 5.69 Å². The third-order valence-electron chi connectivity index (χ3n) is 3.17. The Labute approximate surface area is 136 Å². The Morgan fingerprint density at radius 2 is 2.14 bits per heavy atom. The summed E-state index contributed by atoms with van der Waals surface area (Å²) in [4.78, 5) is 10.8. The van der Waals surface area contributed by atoms with E-state index in [9.17, 15) is 4.79 Å². The van der Waals surface area contributed by atoms with Crippen LogP contribution in [0.3, 0.4) is 0 Å². The number of carboxylic acid groups (broad SMARTS) is 1. The van der Waals surface area contributed by atoms with Crippen molar-refractivity contribution in [1.82, 2.24) is 9.78 Å². The SMILES string of the molecule is O=C(O)CSc1cc(C2CC2)nn1-c1ccc(Cl)cc1Cl. The van der Waals surface area contributed by atoms with Gasteiger partial charge in [0, 0.05) is 10.9 Å². The summed E-state index contributed by atoms with van der Waals surface area (Å²) in [5, 5.41) is 15.3. The Morgan fingerprint density at radius 3 is 2.76 bits per heavy atom. The van der Waals surface area contributed by atoms with E-state index in [1.54, 1.807) is 22.9 Å². The maximum absolute atomic E-state index is 10.8. The van der Waals surface area contributed by atoms with Gasteiger partial charge >= 0.3 is 5.97 Å². The van der Waals surface area contributed by atoms with Crippen LogP contribution in [0, 0.1) is 0 Å². The van der Waals surface area contributed by atoms with Gasteiger partial charge in [-0.15, -0.1) is 0 Å². The van der Waals surface area contributed by atoms with Crippen molar-refractivity contribution in [2.75, 3.05) is 5.75 Å². The molecule has 1 aromatic heterocycles. The van der Waals surface area contributed by atoms with E-state index in [2.05, 4.69) is 5.10 Å². The molecule has 0 atom stereocenters. The molecule has 0 amide bonds. The monoisotopic (exact) mass is 342 g/mol. The van der Waals surface area contributed by atoms with Gasteiger partial charge in [0.2, 0.25) is 0 Å². The zero-order chi connectivity index (χ0) is 15.0. The Kier molecular flexibility index (Phi) is 4.15. The number of aliphatic carboxylic acids is 1. The van der Waals surface area contributed by atoms with Crippen LogP contribution in [-0.2, 0) is 4.79 Å². The van der Waals surface area contributed by atoms with E-state index in [1.165, 1.54) is 11.8 Å². The molecule has 1 fully saturated rings. The smallest absolute Gasteiger partial charge is 0.313 e. The highest BCUT2D eigenvalue weighted by Crippen LogP contribution is 2.41. The van der Waals surface area contributed by atoms with Crippen molar-refractivity contribution in [3.05, 3.63) is 40.0 Å². The molecule has 1 aliphatic rings. The molecule has 0 radical (unpaired) electrons. The summed E-state index contributed by atoms with van der Waals surface area (Å²) in [6.07, 6.45) is 2.27. The third-order valence-corrected chi connectivity index (χ3v) is 4.69. The van der Waals surface area contributed by atoms with Crippen molar-refractivity contribution < 1.29 is 9.90 Å². The van der Waals surface area contributed by atoms with E-state index < -0.39 is 5.97 Å². The molecule has 0 spiro atoms. The fraction of sp³-hybridized carbons (Fsp3) is 0.286. The van der Waals surface area contributed by atoms with Crippen LogP contribution in [0.15, 0.2) is 29.3 Å². The lowest BCUT2D eigenvalue weighted by Gasteiger charge is -2.08. The molecule has 1 heterocycles. The first-order valence-electron chi connectivity index (χ1n) is 6.44. The Morgan fingerprint density at radius 1 is 1.38 bits per heavy atom. The van der Waals surface area contributed by atoms with E-state index in [1.807, 2.05) is 6.07 Å². The van der Waals surface area contributed by atoms with E-state index >= 15 is 0 Å². The second kappa shape index (κ2) is 5.91. The predicted molar refractivity (Wildman–Crippen MR) is 83.9 cm³/mol. The maximum Gasteiger partial charge on any atom is 0.313 e. The summed E-state index contributed by atoms with van der Waals surface area (Å²) in [6.45, 7) is 0. The van der Waals surface area contributed by atoms with Crippen LogP contribution in [0.1, 0.15) is 24.5 Å². The lowest BCUT2D eigenvalue weighted by molar-refractivity contribution is -0.133. The van der Waals surface area contributed by atoms with E-state index in [0.717, 1.165) is 23.6 Å². The number of nitrogens with zero attached hydrogens (tertiary/aromatic N) is 2. The molecule has 1 aromatic carbocycles. The van der Waals surface area contributed by atoms with E-state index in [4.69, 9.17) is 28.3 Å². The highest BCUT2D eigenvalue weighted by molar-refractivity contribution is 7.99. The predicted octanol–water partition coefficient (Wildman–Crippen LogP) is 4.23. The number of halogens is 2. The second-order valence-corrected chi connectivity index (χ2v) is 6.71. The molecule has 1 aliphatic carbocycles. The fourth-order valence-corrected chi connectivity index (χ4v) is 3.25. The summed E-state index contributed by atoms with van der Waals surface area (Å²) < 4.78 is 1.71. The van der Waals surface area contributed by atoms with Gasteiger partial charge in [-0.25, -0.2) is 4.68 Å². The molecule has 1 saturated carbocycles. The molecule has 0 bridgehead atoms. The van der Waals surface area contributed by atoms with Crippen molar-refractivity contribution in [3.63, 3.8) is 0 Å². The largest absolute Gasteiger partial charge is 0.481 e. The minimum absolute atomic E-state index is 0.0129. The fourth-order valence-electron chi connectivity index (χ4n) is 2.02. The van der Waals surface area contributed by atoms with E-state index in [-0.39, 0.29) is 5.75 Å². The van der Waals surface area contributed by atoms with Gasteiger partial charge in [-0.1, -0.05) is 35.0 Å². The number of benzene rings is 1. The molecule has 3 rings (SSSR count). The van der Waals surface area contributed by atoms with Gasteiger partial charge < -0.3 is 5.11 Å². The van der Waals surface area contributed by atoms with Crippen LogP contribution in [0.4, 0.5) is 0 Å². The molecule has 7 heteroatoms. The van der Waals surface area contributed by atoms with Gasteiger partial charge in [-0.3, -0.25) is 4.79 Å². The number of rotatable bonds is 5. The third kappa shape index (κ3) is 3.36. The van der Waals surface area contributed by atoms with E-state index in [0.29, 0.717) is 21.7 Å². The van der Waals surface area contributed by atoms with Gasteiger partial charge in [-0.2, -0.15) is 5.10 Å². The number of thioether (sulfide) groups is 1. The van der Waals surface area contributed by atoms with Crippen molar-refractivity contribution in [2.45, 2.75) is 23.8 Å². The normalized spacial score (nSPS) is 14.4. The molecule has 110 valence electrons. The molecule has 1 N–H and O–H groups in total. The van der Waals surface area contributed by atoms with Crippen LogP contribution in [-0.4, -0.2) is 26.6 Å². The lowest BCUT2D eigenvalue weighted by Crippen LogP contribution is -2.03. The molecule has 0 saturated heterocycles. The highest BCUT2D eigenvalue weighted by atomic mass is 35.5. The maximum atomic E-state index is 10.8. The zero-order valence-electron chi connectivity index (χ0n) is 10.9. The first kappa shape index (κ1) is 14.8. The minimum atomic E-state index is -0.858. The molecule has 2 aromatic rings. The second-order valence-electron chi connectivity index (χ2n) is 4.87. The van der Waals surface area contributed by atoms with Crippen LogP contribution >= 0.6 is 35.0 Å². The number of carbonyl (C=O) groups is 1. The number of carboxylic acids is 1. The Hall–Kier alpha value is -1.17. The zero-order valence-corrected chi connectivity index (χ0v) is 13.3. The van der Waals surface area contributed by atoms with Crippen LogP contribution in [0.2, 0.25) is 10.0 Å². The first-order valence-corrected chi connectivity index (χ1v) is 8.18. The Balaban J connectivity index is 2.00. The average molecular weight is 343 g/mol. The topological polar surface area (TPSA) is 55.1 Å². The Bertz CT molecular complexity index is 698. The van der Waals surface area contributed by atoms with Crippen molar-refractivity contribution in [2.24, 2.45) is 0 Å². The highest BCUT2D eigenvalue weighted by Gasteiger charge is 2.28. The van der Waals surface area contributed by atoms with Crippen molar-refractivity contribution >= 4 is 40.9 Å². The molecular formula is C14H12Cl2N2O2S. The lowest BCUT2D eigenvalue weighted by atomic mass is 10.3. The molecule has 0 aliphatic heterocycles. The van der Waals surface area contributed by atoms with Gasteiger partial charge in [0.15, 0.2) is 0 Å². The minimum Gasteiger partial charge on any atom is -0.481 e. The quantitative estimate of drug-likeness (QED) is 0.826. The van der Waals surface area contributed by atoms with Crippen molar-refractivity contribution in [1.29, 1.82) is 0 Å². The molecular weight excluding hydrogens is 331 g/mol. The summed E-state index contributed by atoms with van der Waals surface area (Å²) in [7, 11) is 0. The van der Waals surface area contributed by atoms with Gasteiger partial charge in [-0.05, 0) is 37.1 Å². The summed E-state index contributed by atoms with van der Waals surface area (Å²) in [6, 6.07) is 7.14. The van der Waals surface area contributed by atoms with Crippen LogP contribution in [0.5, 0.6) is 0 Å². The van der Waals surface area contributed by atoms with Gasteiger partial charge in [0.25, 0.3) is 0 Å². The number of hydrogen-bond donors (Lipinski definition) is 1. The van der Waals surface area contributed by atoms with Crippen molar-refractivity contribution in [3.8, 4) is 5.69 Å². The molecule has 21 heavy (non-hydrogen) atoms. The molecule has 4 nitrogen and oxygen atoms in total. The first-order chi connectivity index (χ1) is 10.0. The number of aromatic nitrogens is 2. The summed E-state index contributed by atoms with van der Waals surface area (Å²) in [5.41, 5.74) is 1.70. The van der Waals surface area contributed by atoms with Crippen LogP contribution < -0.4 is 0 Å². The molecule has 0 unspecified atom stereocenters. The van der Waals surface area contributed by atoms with Gasteiger partial charge in [0.05, 0.1) is 22.2 Å². The average Bonchev–Trinajstić information content (AvgIpc) is 3.18.